The van der Waals surface area contributed by atoms with Gasteiger partial charge in [0, 0.05) is 5.75 Å². The largest absolute Gasteiger partial charge is 0.481 e. The maximum absolute atomic E-state index is 11.7. The predicted molar refractivity (Wildman–Crippen MR) is 74.5 cm³/mol. The Morgan fingerprint density at radius 1 is 1.09 bits per heavy atom. The number of hydrogen-bond acceptors (Lipinski definition) is 7. The summed E-state index contributed by atoms with van der Waals surface area (Å²) in [7, 11) is 0. The highest BCUT2D eigenvalue weighted by molar-refractivity contribution is 7.99. The van der Waals surface area contributed by atoms with Gasteiger partial charge in [-0.25, -0.2) is 4.79 Å². The number of carbonyl (C=O) groups excluding carboxylic acids is 1. The van der Waals surface area contributed by atoms with Gasteiger partial charge in [0.15, 0.2) is 6.10 Å². The van der Waals surface area contributed by atoms with Gasteiger partial charge in [0.2, 0.25) is 12.1 Å². The Kier molecular flexibility index (Phi) is 9.38. The molecule has 0 aliphatic heterocycles. The Balaban J connectivity index is 4.78. The average molecular weight is 338 g/mol. The van der Waals surface area contributed by atoms with Gasteiger partial charge < -0.3 is 25.2 Å². The molecule has 4 N–H and O–H groups in total. The number of carboxylic acid groups (broad SMARTS) is 3. The number of carbonyl (C=O) groups is 4. The van der Waals surface area contributed by atoms with Crippen LogP contribution in [0.3, 0.4) is 0 Å². The van der Waals surface area contributed by atoms with E-state index in [0.29, 0.717) is 5.75 Å². The second-order valence-corrected chi connectivity index (χ2v) is 5.43. The standard InChI is InChI=1S/C12H18O9S/c1-2-3-22-5-7(11(18)19)21-12(20)9(15)6(10(16)17)4-8(13)14/h6-7,12,20H,2-5H2,1H3,(H,13,14)(H,16,17)(H,18,19). The highest BCUT2D eigenvalue weighted by Crippen LogP contribution is 2.14. The molecule has 0 saturated heterocycles. The zero-order valence-corrected chi connectivity index (χ0v) is 12.6. The summed E-state index contributed by atoms with van der Waals surface area (Å²) >= 11 is 1.23. The second-order valence-electron chi connectivity index (χ2n) is 4.28. The maximum atomic E-state index is 11.7. The Morgan fingerprint density at radius 2 is 1.68 bits per heavy atom. The van der Waals surface area contributed by atoms with Crippen molar-refractivity contribution in [3.05, 3.63) is 0 Å². The first kappa shape index (κ1) is 20.3. The van der Waals surface area contributed by atoms with Crippen LogP contribution in [-0.2, 0) is 23.9 Å². The van der Waals surface area contributed by atoms with Crippen LogP contribution in [0.1, 0.15) is 19.8 Å². The maximum Gasteiger partial charge on any atom is 0.333 e. The van der Waals surface area contributed by atoms with Crippen LogP contribution in [0, 0.1) is 5.92 Å². The van der Waals surface area contributed by atoms with Crippen molar-refractivity contribution in [3.8, 4) is 0 Å². The van der Waals surface area contributed by atoms with Crippen molar-refractivity contribution in [1.29, 1.82) is 0 Å². The number of rotatable bonds is 12. The van der Waals surface area contributed by atoms with Crippen molar-refractivity contribution in [2.45, 2.75) is 32.2 Å². The second kappa shape index (κ2) is 10.1. The number of carboxylic acids is 3. The van der Waals surface area contributed by atoms with Crippen molar-refractivity contribution in [2.75, 3.05) is 11.5 Å². The van der Waals surface area contributed by atoms with Crippen molar-refractivity contribution in [2.24, 2.45) is 5.92 Å². The van der Waals surface area contributed by atoms with E-state index >= 15 is 0 Å². The number of Topliss-reactive ketones (excluding diaryl/α,β-unsaturated/α-hetero) is 1. The SMILES string of the molecule is CCCSCC(OC(O)C(=O)C(CC(=O)O)C(=O)O)C(=O)O. The molecular formula is C12H18O9S. The predicted octanol–water partition coefficient (Wildman–Crippen LogP) is -0.338. The number of aliphatic hydroxyl groups is 1. The van der Waals surface area contributed by atoms with Gasteiger partial charge in [0.1, 0.15) is 5.92 Å². The topological polar surface area (TPSA) is 158 Å². The Bertz CT molecular complexity index is 423. The Morgan fingerprint density at radius 3 is 2.09 bits per heavy atom. The molecule has 22 heavy (non-hydrogen) atoms. The van der Waals surface area contributed by atoms with Crippen LogP contribution in [-0.4, -0.2) is 68.0 Å². The molecule has 10 heteroatoms. The van der Waals surface area contributed by atoms with Gasteiger partial charge in [-0.2, -0.15) is 11.8 Å². The molecule has 0 radical (unpaired) electrons. The summed E-state index contributed by atoms with van der Waals surface area (Å²) in [6.45, 7) is 1.88. The fourth-order valence-corrected chi connectivity index (χ4v) is 2.27. The van der Waals surface area contributed by atoms with Crippen LogP contribution >= 0.6 is 11.8 Å². The summed E-state index contributed by atoms with van der Waals surface area (Å²) in [5.41, 5.74) is 0. The minimum Gasteiger partial charge on any atom is -0.481 e. The van der Waals surface area contributed by atoms with Crippen LogP contribution in [0.25, 0.3) is 0 Å². The normalized spacial score (nSPS) is 14.8. The third-order valence-electron chi connectivity index (χ3n) is 2.45. The molecule has 0 fully saturated rings. The van der Waals surface area contributed by atoms with Gasteiger partial charge in [0.05, 0.1) is 6.42 Å². The van der Waals surface area contributed by atoms with Crippen molar-refractivity contribution in [1.82, 2.24) is 0 Å². The molecule has 0 aromatic carbocycles. The molecule has 0 rings (SSSR count). The average Bonchev–Trinajstić information content (AvgIpc) is 2.42. The summed E-state index contributed by atoms with van der Waals surface area (Å²) < 4.78 is 4.66. The van der Waals surface area contributed by atoms with E-state index in [1.54, 1.807) is 0 Å². The molecule has 0 amide bonds. The van der Waals surface area contributed by atoms with Crippen molar-refractivity contribution < 1.29 is 44.3 Å². The lowest BCUT2D eigenvalue weighted by Crippen LogP contribution is -2.41. The van der Waals surface area contributed by atoms with Gasteiger partial charge in [-0.15, -0.1) is 0 Å². The van der Waals surface area contributed by atoms with Crippen LogP contribution in [0.2, 0.25) is 0 Å². The van der Waals surface area contributed by atoms with E-state index in [4.69, 9.17) is 15.3 Å². The number of ketones is 1. The van der Waals surface area contributed by atoms with E-state index in [0.717, 1.165) is 6.42 Å². The van der Waals surface area contributed by atoms with Gasteiger partial charge in [-0.3, -0.25) is 14.4 Å². The van der Waals surface area contributed by atoms with Gasteiger partial charge in [-0.05, 0) is 12.2 Å². The molecule has 0 aliphatic rings. The molecule has 0 heterocycles. The highest BCUT2D eigenvalue weighted by Gasteiger charge is 2.36. The van der Waals surface area contributed by atoms with E-state index in [2.05, 4.69) is 4.74 Å². The number of aliphatic carboxylic acids is 3. The van der Waals surface area contributed by atoms with Crippen LogP contribution < -0.4 is 0 Å². The van der Waals surface area contributed by atoms with Crippen molar-refractivity contribution in [3.63, 3.8) is 0 Å². The molecule has 9 nitrogen and oxygen atoms in total. The number of hydrogen-bond donors (Lipinski definition) is 4. The molecule has 0 aromatic heterocycles. The summed E-state index contributed by atoms with van der Waals surface area (Å²) in [6, 6.07) is 0. The number of thioether (sulfide) groups is 1. The third kappa shape index (κ3) is 7.38. The third-order valence-corrected chi connectivity index (χ3v) is 3.69. The monoisotopic (exact) mass is 338 g/mol. The lowest BCUT2D eigenvalue weighted by Gasteiger charge is -2.19. The summed E-state index contributed by atoms with van der Waals surface area (Å²) in [5.74, 6) is -7.49. The van der Waals surface area contributed by atoms with Gasteiger partial charge in [-0.1, -0.05) is 6.92 Å². The molecule has 0 saturated carbocycles. The first-order chi connectivity index (χ1) is 10.2. The molecule has 0 bridgehead atoms. The first-order valence-electron chi connectivity index (χ1n) is 6.33. The smallest absolute Gasteiger partial charge is 0.333 e. The summed E-state index contributed by atoms with van der Waals surface area (Å²) in [5, 5.41) is 35.8. The number of aliphatic hydroxyl groups excluding tert-OH is 1. The van der Waals surface area contributed by atoms with Gasteiger partial charge >= 0.3 is 17.9 Å². The summed E-state index contributed by atoms with van der Waals surface area (Å²) in [6.07, 6.45) is -4.06. The number of ether oxygens (including phenoxy) is 1. The van der Waals surface area contributed by atoms with Crippen LogP contribution in [0.4, 0.5) is 0 Å². The molecule has 0 aromatic rings. The molecule has 0 aliphatic carbocycles. The first-order valence-corrected chi connectivity index (χ1v) is 7.48. The quantitative estimate of drug-likeness (QED) is 0.211. The van der Waals surface area contributed by atoms with E-state index in [1.807, 2.05) is 6.92 Å². The molecule has 0 spiro atoms. The van der Waals surface area contributed by atoms with Crippen molar-refractivity contribution >= 4 is 35.5 Å². The molecule has 3 unspecified atom stereocenters. The summed E-state index contributed by atoms with van der Waals surface area (Å²) in [4.78, 5) is 44.0. The van der Waals surface area contributed by atoms with E-state index in [-0.39, 0.29) is 5.75 Å². The zero-order valence-electron chi connectivity index (χ0n) is 11.8. The van der Waals surface area contributed by atoms with E-state index in [9.17, 15) is 24.3 Å². The highest BCUT2D eigenvalue weighted by atomic mass is 32.2. The Labute approximate surface area is 130 Å². The lowest BCUT2D eigenvalue weighted by molar-refractivity contribution is -0.183. The fraction of sp³-hybridized carbons (Fsp3) is 0.667. The zero-order chi connectivity index (χ0) is 17.3. The molecule has 3 atom stereocenters. The Hall–Kier alpha value is -1.65. The van der Waals surface area contributed by atoms with E-state index in [1.165, 1.54) is 11.8 Å². The minimum absolute atomic E-state index is 0.0375. The van der Waals surface area contributed by atoms with Gasteiger partial charge in [0.25, 0.3) is 0 Å². The minimum atomic E-state index is -2.32. The van der Waals surface area contributed by atoms with E-state index < -0.39 is 48.4 Å². The molecular weight excluding hydrogens is 320 g/mol. The van der Waals surface area contributed by atoms with Crippen LogP contribution in [0.5, 0.6) is 0 Å². The molecule has 126 valence electrons. The fourth-order valence-electron chi connectivity index (χ4n) is 1.38. The lowest BCUT2D eigenvalue weighted by atomic mass is 10.00. The van der Waals surface area contributed by atoms with Crippen LogP contribution in [0.15, 0.2) is 0 Å².